The molecule has 18 heavy (non-hydrogen) atoms. The maximum Gasteiger partial charge on any atom is 0.336 e. The van der Waals surface area contributed by atoms with E-state index in [-0.39, 0.29) is 16.7 Å². The molecule has 5 heteroatoms. The minimum atomic E-state index is -1.17. The van der Waals surface area contributed by atoms with Gasteiger partial charge in [-0.1, -0.05) is 24.3 Å². The first kappa shape index (κ1) is 11.8. The summed E-state index contributed by atoms with van der Waals surface area (Å²) < 4.78 is 0. The first-order valence-corrected chi connectivity index (χ1v) is 5.10. The zero-order valence-corrected chi connectivity index (χ0v) is 9.21. The van der Waals surface area contributed by atoms with E-state index in [0.717, 1.165) is 6.07 Å². The average molecular weight is 243 g/mol. The number of carboxylic acids is 1. The van der Waals surface area contributed by atoms with E-state index in [9.17, 15) is 14.4 Å². The van der Waals surface area contributed by atoms with E-state index in [1.165, 1.54) is 0 Å². The van der Waals surface area contributed by atoms with E-state index < -0.39 is 11.9 Å². The van der Waals surface area contributed by atoms with E-state index in [4.69, 9.17) is 10.8 Å². The summed E-state index contributed by atoms with van der Waals surface area (Å²) in [4.78, 5) is 33.5. The molecule has 2 aromatic carbocycles. The fourth-order valence-electron chi connectivity index (χ4n) is 1.91. The lowest BCUT2D eigenvalue weighted by atomic mass is 9.95. The lowest BCUT2D eigenvalue weighted by molar-refractivity contribution is 0.0698. The van der Waals surface area contributed by atoms with Crippen LogP contribution in [0.3, 0.4) is 0 Å². The minimum absolute atomic E-state index is 0.0509. The van der Waals surface area contributed by atoms with Gasteiger partial charge in [0.15, 0.2) is 6.29 Å². The van der Waals surface area contributed by atoms with Crippen LogP contribution in [-0.2, 0) is 0 Å². The maximum absolute atomic E-state index is 11.3. The van der Waals surface area contributed by atoms with Crippen molar-refractivity contribution in [2.24, 2.45) is 5.73 Å². The Morgan fingerprint density at radius 3 is 2.22 bits per heavy atom. The molecule has 0 atom stereocenters. The second-order valence-electron chi connectivity index (χ2n) is 3.72. The molecule has 0 unspecified atom stereocenters. The van der Waals surface area contributed by atoms with Crippen LogP contribution in [0.5, 0.6) is 0 Å². The number of primary amides is 1. The molecule has 0 heterocycles. The normalized spacial score (nSPS) is 10.2. The van der Waals surface area contributed by atoms with Crippen molar-refractivity contribution in [3.63, 3.8) is 0 Å². The Hall–Kier alpha value is -2.69. The molecule has 5 nitrogen and oxygen atoms in total. The van der Waals surface area contributed by atoms with Gasteiger partial charge in [0.1, 0.15) is 0 Å². The molecule has 0 fully saturated rings. The number of benzene rings is 2. The molecule has 0 saturated heterocycles. The highest BCUT2D eigenvalue weighted by molar-refractivity contribution is 6.15. The van der Waals surface area contributed by atoms with Crippen LogP contribution in [0.25, 0.3) is 10.8 Å². The number of fused-ring (bicyclic) bond motifs is 1. The van der Waals surface area contributed by atoms with Gasteiger partial charge in [-0.05, 0) is 16.8 Å². The third kappa shape index (κ3) is 1.71. The summed E-state index contributed by atoms with van der Waals surface area (Å²) in [6, 6.07) is 7.62. The van der Waals surface area contributed by atoms with E-state index in [0.29, 0.717) is 17.1 Å². The Bertz CT molecular complexity index is 676. The topological polar surface area (TPSA) is 97.5 Å². The first-order valence-electron chi connectivity index (χ1n) is 5.10. The van der Waals surface area contributed by atoms with Gasteiger partial charge >= 0.3 is 5.97 Å². The van der Waals surface area contributed by atoms with Gasteiger partial charge in [0.25, 0.3) is 0 Å². The van der Waals surface area contributed by atoms with Gasteiger partial charge < -0.3 is 10.8 Å². The Balaban J connectivity index is 3.00. The van der Waals surface area contributed by atoms with Gasteiger partial charge in [-0.25, -0.2) is 4.79 Å². The number of rotatable bonds is 3. The van der Waals surface area contributed by atoms with Gasteiger partial charge in [-0.2, -0.15) is 0 Å². The predicted molar refractivity (Wildman–Crippen MR) is 64.8 cm³/mol. The van der Waals surface area contributed by atoms with Crippen LogP contribution in [0.1, 0.15) is 31.1 Å². The molecule has 1 amide bonds. The van der Waals surface area contributed by atoms with Crippen molar-refractivity contribution in [2.75, 3.05) is 0 Å². The van der Waals surface area contributed by atoms with Crippen molar-refractivity contribution in [1.29, 1.82) is 0 Å². The molecule has 3 N–H and O–H groups in total. The number of carboxylic acid groups (broad SMARTS) is 1. The molecule has 0 aliphatic rings. The molecule has 2 aromatic rings. The van der Waals surface area contributed by atoms with Crippen molar-refractivity contribution < 1.29 is 19.5 Å². The van der Waals surface area contributed by atoms with Gasteiger partial charge in [-0.3, -0.25) is 9.59 Å². The Morgan fingerprint density at radius 2 is 1.72 bits per heavy atom. The number of hydrogen-bond donors (Lipinski definition) is 2. The van der Waals surface area contributed by atoms with Crippen LogP contribution >= 0.6 is 0 Å². The second kappa shape index (κ2) is 4.29. The summed E-state index contributed by atoms with van der Waals surface area (Å²) in [7, 11) is 0. The van der Waals surface area contributed by atoms with E-state index in [1.807, 2.05) is 0 Å². The van der Waals surface area contributed by atoms with Gasteiger partial charge in [-0.15, -0.1) is 0 Å². The van der Waals surface area contributed by atoms with E-state index in [1.54, 1.807) is 24.3 Å². The van der Waals surface area contributed by atoms with Crippen LogP contribution < -0.4 is 5.73 Å². The fourth-order valence-corrected chi connectivity index (χ4v) is 1.91. The standard InChI is InChI=1S/C13H9NO4/c14-12(16)9-5-10(13(17)18)7-3-1-2-4-8(7)11(9)6-15/h1-6H,(H2,14,16)(H,17,18). The quantitative estimate of drug-likeness (QED) is 0.797. The molecular formula is C13H9NO4. The highest BCUT2D eigenvalue weighted by Gasteiger charge is 2.18. The van der Waals surface area contributed by atoms with Crippen molar-refractivity contribution in [1.82, 2.24) is 0 Å². The molecule has 0 spiro atoms. The molecule has 2 rings (SSSR count). The minimum Gasteiger partial charge on any atom is -0.478 e. The highest BCUT2D eigenvalue weighted by Crippen LogP contribution is 2.25. The fraction of sp³-hybridized carbons (Fsp3) is 0. The van der Waals surface area contributed by atoms with Crippen LogP contribution in [-0.4, -0.2) is 23.3 Å². The number of carbonyl (C=O) groups is 3. The average Bonchev–Trinajstić information content (AvgIpc) is 2.36. The third-order valence-electron chi connectivity index (χ3n) is 2.70. The summed E-state index contributed by atoms with van der Waals surface area (Å²) in [5.74, 6) is -2.00. The molecule has 0 saturated carbocycles. The summed E-state index contributed by atoms with van der Waals surface area (Å²) >= 11 is 0. The summed E-state index contributed by atoms with van der Waals surface area (Å²) in [6.45, 7) is 0. The Morgan fingerprint density at radius 1 is 1.11 bits per heavy atom. The van der Waals surface area contributed by atoms with Crippen LogP contribution in [0.15, 0.2) is 30.3 Å². The zero-order valence-electron chi connectivity index (χ0n) is 9.21. The van der Waals surface area contributed by atoms with Crippen LogP contribution in [0.4, 0.5) is 0 Å². The molecule has 0 radical (unpaired) electrons. The largest absolute Gasteiger partial charge is 0.478 e. The molecular weight excluding hydrogens is 234 g/mol. The number of amides is 1. The number of nitrogens with two attached hydrogens (primary N) is 1. The van der Waals surface area contributed by atoms with Crippen LogP contribution in [0, 0.1) is 0 Å². The summed E-state index contributed by atoms with van der Waals surface area (Å²) in [5, 5.41) is 9.92. The zero-order chi connectivity index (χ0) is 13.3. The SMILES string of the molecule is NC(=O)c1cc(C(=O)O)c2ccccc2c1C=O. The first-order chi connectivity index (χ1) is 8.56. The smallest absolute Gasteiger partial charge is 0.336 e. The third-order valence-corrected chi connectivity index (χ3v) is 2.70. The number of aromatic carboxylic acids is 1. The summed E-state index contributed by atoms with van der Waals surface area (Å²) in [6.07, 6.45) is 0.508. The molecule has 0 bridgehead atoms. The van der Waals surface area contributed by atoms with E-state index in [2.05, 4.69) is 0 Å². The van der Waals surface area contributed by atoms with Crippen molar-refractivity contribution in [3.8, 4) is 0 Å². The number of carbonyl (C=O) groups excluding carboxylic acids is 2. The summed E-state index contributed by atoms with van der Waals surface area (Å²) in [5.41, 5.74) is 5.14. The van der Waals surface area contributed by atoms with Crippen molar-refractivity contribution in [2.45, 2.75) is 0 Å². The van der Waals surface area contributed by atoms with Crippen LogP contribution in [0.2, 0.25) is 0 Å². The highest BCUT2D eigenvalue weighted by atomic mass is 16.4. The predicted octanol–water partition coefficient (Wildman–Crippen LogP) is 1.45. The number of aldehydes is 1. The monoisotopic (exact) mass is 243 g/mol. The lowest BCUT2D eigenvalue weighted by Gasteiger charge is -2.08. The Labute approximate surface area is 102 Å². The second-order valence-corrected chi connectivity index (χ2v) is 3.72. The van der Waals surface area contributed by atoms with Gasteiger partial charge in [0.2, 0.25) is 5.91 Å². The van der Waals surface area contributed by atoms with Gasteiger partial charge in [0.05, 0.1) is 11.1 Å². The molecule has 0 aromatic heterocycles. The van der Waals surface area contributed by atoms with E-state index >= 15 is 0 Å². The van der Waals surface area contributed by atoms with Gasteiger partial charge in [0, 0.05) is 5.56 Å². The molecule has 0 aliphatic carbocycles. The molecule has 0 aliphatic heterocycles. The maximum atomic E-state index is 11.3. The number of hydrogen-bond acceptors (Lipinski definition) is 3. The molecule has 90 valence electrons. The van der Waals surface area contributed by atoms with Crippen molar-refractivity contribution in [3.05, 3.63) is 47.0 Å². The lowest BCUT2D eigenvalue weighted by Crippen LogP contribution is -2.15. The Kier molecular flexibility index (Phi) is 2.81. The van der Waals surface area contributed by atoms with Crippen molar-refractivity contribution >= 4 is 28.9 Å².